The van der Waals surface area contributed by atoms with Gasteiger partial charge in [0.2, 0.25) is 11.8 Å². The number of amides is 3. The fraction of sp³-hybridized carbons (Fsp3) is 0.640. The van der Waals surface area contributed by atoms with E-state index >= 15 is 0 Å². The fourth-order valence-corrected chi connectivity index (χ4v) is 3.44. The lowest BCUT2D eigenvalue weighted by atomic mass is 9.96. The molecule has 0 fully saturated rings. The molecule has 1 aromatic carbocycles. The van der Waals surface area contributed by atoms with Crippen molar-refractivity contribution in [1.29, 1.82) is 0 Å². The normalized spacial score (nSPS) is 13.5. The molecule has 32 heavy (non-hydrogen) atoms. The molecular formula is C25H41N3O4. The van der Waals surface area contributed by atoms with Gasteiger partial charge in [-0.15, -0.1) is 0 Å². The van der Waals surface area contributed by atoms with E-state index in [1.165, 1.54) is 0 Å². The lowest BCUT2D eigenvalue weighted by molar-refractivity contribution is -0.143. The summed E-state index contributed by atoms with van der Waals surface area (Å²) in [7, 11) is 0. The number of ether oxygens (including phenoxy) is 1. The zero-order valence-electron chi connectivity index (χ0n) is 21.1. The predicted molar refractivity (Wildman–Crippen MR) is 127 cm³/mol. The highest BCUT2D eigenvalue weighted by Gasteiger charge is 2.37. The van der Waals surface area contributed by atoms with Crippen LogP contribution in [0.25, 0.3) is 0 Å². The van der Waals surface area contributed by atoms with Gasteiger partial charge >= 0.3 is 6.09 Å². The van der Waals surface area contributed by atoms with Crippen molar-refractivity contribution in [3.8, 4) is 0 Å². The van der Waals surface area contributed by atoms with Crippen molar-refractivity contribution >= 4 is 17.9 Å². The van der Waals surface area contributed by atoms with Gasteiger partial charge in [0, 0.05) is 12.6 Å². The molecule has 0 aliphatic heterocycles. The Kier molecular flexibility index (Phi) is 10.2. The van der Waals surface area contributed by atoms with Crippen LogP contribution in [0.1, 0.15) is 79.0 Å². The van der Waals surface area contributed by atoms with E-state index in [0.717, 1.165) is 11.1 Å². The summed E-state index contributed by atoms with van der Waals surface area (Å²) in [5.41, 5.74) is 1.01. The third kappa shape index (κ3) is 8.17. The summed E-state index contributed by atoms with van der Waals surface area (Å²) in [4.78, 5) is 41.1. The number of carbonyl (C=O) groups excluding carboxylic acids is 3. The Morgan fingerprint density at radius 1 is 1.03 bits per heavy atom. The lowest BCUT2D eigenvalue weighted by Gasteiger charge is -2.36. The Bertz CT molecular complexity index is 784. The summed E-state index contributed by atoms with van der Waals surface area (Å²) in [6, 6.07) is 5.88. The van der Waals surface area contributed by atoms with Crippen LogP contribution in [-0.4, -0.2) is 47.0 Å². The highest BCUT2D eigenvalue weighted by atomic mass is 16.6. The molecule has 3 amide bonds. The van der Waals surface area contributed by atoms with E-state index in [9.17, 15) is 14.4 Å². The van der Waals surface area contributed by atoms with Gasteiger partial charge in [0.05, 0.1) is 0 Å². The minimum absolute atomic E-state index is 0.0756. The van der Waals surface area contributed by atoms with Gasteiger partial charge in [-0.3, -0.25) is 9.59 Å². The molecule has 2 unspecified atom stereocenters. The monoisotopic (exact) mass is 447 g/mol. The molecule has 1 aromatic rings. The topological polar surface area (TPSA) is 87.7 Å². The maximum absolute atomic E-state index is 13.8. The Labute approximate surface area is 193 Å². The summed E-state index contributed by atoms with van der Waals surface area (Å²) >= 11 is 0. The van der Waals surface area contributed by atoms with Gasteiger partial charge in [0.25, 0.3) is 0 Å². The Morgan fingerprint density at radius 2 is 1.62 bits per heavy atom. The molecule has 2 atom stereocenters. The van der Waals surface area contributed by atoms with Crippen LogP contribution in [-0.2, 0) is 14.3 Å². The molecule has 0 aromatic heterocycles. The molecule has 0 spiro atoms. The molecule has 0 aliphatic rings. The van der Waals surface area contributed by atoms with Gasteiger partial charge in [-0.25, -0.2) is 4.79 Å². The Morgan fingerprint density at radius 3 is 2.09 bits per heavy atom. The van der Waals surface area contributed by atoms with E-state index in [1.807, 2.05) is 65.8 Å². The van der Waals surface area contributed by atoms with Crippen LogP contribution in [0, 0.1) is 12.8 Å². The third-order valence-electron chi connectivity index (χ3n) is 4.83. The molecule has 0 saturated carbocycles. The van der Waals surface area contributed by atoms with Crippen molar-refractivity contribution in [3.63, 3.8) is 0 Å². The number of hydrogen-bond acceptors (Lipinski definition) is 4. The lowest BCUT2D eigenvalue weighted by Crippen LogP contribution is -2.55. The van der Waals surface area contributed by atoms with E-state index < -0.39 is 23.8 Å². The molecule has 2 N–H and O–H groups in total. The maximum Gasteiger partial charge on any atom is 0.408 e. The number of benzene rings is 1. The molecule has 0 saturated heterocycles. The molecular weight excluding hydrogens is 406 g/mol. The van der Waals surface area contributed by atoms with Crippen molar-refractivity contribution in [2.24, 2.45) is 5.92 Å². The second-order valence-electron chi connectivity index (χ2n) is 9.82. The van der Waals surface area contributed by atoms with E-state index in [-0.39, 0.29) is 23.8 Å². The summed E-state index contributed by atoms with van der Waals surface area (Å²) in [6.45, 7) is 17.1. The highest BCUT2D eigenvalue weighted by molar-refractivity contribution is 5.92. The summed E-state index contributed by atoms with van der Waals surface area (Å²) in [5.74, 6) is -0.740. The number of alkyl carbamates (subject to hydrolysis) is 1. The highest BCUT2D eigenvalue weighted by Crippen LogP contribution is 2.27. The number of aryl methyl sites for hydroxylation is 1. The van der Waals surface area contributed by atoms with Crippen molar-refractivity contribution in [1.82, 2.24) is 15.5 Å². The average molecular weight is 448 g/mol. The molecule has 0 aliphatic carbocycles. The first-order valence-electron chi connectivity index (χ1n) is 11.4. The number of nitrogens with zero attached hydrogens (tertiary/aromatic N) is 1. The summed E-state index contributed by atoms with van der Waals surface area (Å²) in [5, 5.41) is 5.69. The van der Waals surface area contributed by atoms with Crippen LogP contribution in [0.3, 0.4) is 0 Å². The average Bonchev–Trinajstić information content (AvgIpc) is 2.64. The standard InChI is InChI=1S/C25H41N3O4/c1-10-15-28(23(30)20(16(2)3)27-24(31)32-25(7,8)9)21(22(29)26-17(4)5)19-14-12-11-13-18(19)6/h11-14,16-17,20-21H,10,15H2,1-9H3,(H,26,29)(H,27,31). The van der Waals surface area contributed by atoms with E-state index in [2.05, 4.69) is 10.6 Å². The zero-order chi connectivity index (χ0) is 24.6. The van der Waals surface area contributed by atoms with Gasteiger partial charge < -0.3 is 20.3 Å². The van der Waals surface area contributed by atoms with Crippen LogP contribution < -0.4 is 10.6 Å². The molecule has 7 heteroatoms. The fourth-order valence-electron chi connectivity index (χ4n) is 3.44. The largest absolute Gasteiger partial charge is 0.444 e. The SMILES string of the molecule is CCCN(C(=O)C(NC(=O)OC(C)(C)C)C(C)C)C(C(=O)NC(C)C)c1ccccc1C. The van der Waals surface area contributed by atoms with Crippen molar-refractivity contribution in [2.75, 3.05) is 6.54 Å². The van der Waals surface area contributed by atoms with Gasteiger partial charge in [-0.1, -0.05) is 45.0 Å². The van der Waals surface area contributed by atoms with Crippen LogP contribution in [0.2, 0.25) is 0 Å². The molecule has 1 rings (SSSR count). The van der Waals surface area contributed by atoms with Crippen LogP contribution in [0.4, 0.5) is 4.79 Å². The van der Waals surface area contributed by atoms with Gasteiger partial charge in [-0.2, -0.15) is 0 Å². The Balaban J connectivity index is 3.40. The second-order valence-corrected chi connectivity index (χ2v) is 9.82. The quantitative estimate of drug-likeness (QED) is 0.589. The zero-order valence-corrected chi connectivity index (χ0v) is 21.1. The minimum atomic E-state index is -0.824. The molecule has 7 nitrogen and oxygen atoms in total. The van der Waals surface area contributed by atoms with Crippen LogP contribution >= 0.6 is 0 Å². The van der Waals surface area contributed by atoms with Crippen molar-refractivity contribution < 1.29 is 19.1 Å². The van der Waals surface area contributed by atoms with E-state index in [0.29, 0.717) is 13.0 Å². The van der Waals surface area contributed by atoms with Crippen LogP contribution in [0.15, 0.2) is 24.3 Å². The first kappa shape index (κ1) is 27.5. The minimum Gasteiger partial charge on any atom is -0.444 e. The molecule has 180 valence electrons. The van der Waals surface area contributed by atoms with Crippen molar-refractivity contribution in [2.45, 2.75) is 92.5 Å². The molecule has 0 bridgehead atoms. The van der Waals surface area contributed by atoms with Gasteiger partial charge in [-0.05, 0) is 65.0 Å². The summed E-state index contributed by atoms with van der Waals surface area (Å²) in [6.07, 6.45) is 0.0143. The predicted octanol–water partition coefficient (Wildman–Crippen LogP) is 4.35. The maximum atomic E-state index is 13.8. The number of nitrogens with one attached hydrogen (secondary N) is 2. The van der Waals surface area contributed by atoms with Crippen molar-refractivity contribution in [3.05, 3.63) is 35.4 Å². The number of carbonyl (C=O) groups is 3. The number of rotatable bonds is 9. The smallest absolute Gasteiger partial charge is 0.408 e. The summed E-state index contributed by atoms with van der Waals surface area (Å²) < 4.78 is 5.37. The molecule has 0 heterocycles. The van der Waals surface area contributed by atoms with Gasteiger partial charge in [0.15, 0.2) is 0 Å². The first-order valence-corrected chi connectivity index (χ1v) is 11.4. The Hall–Kier alpha value is -2.57. The first-order chi connectivity index (χ1) is 14.8. The third-order valence-corrected chi connectivity index (χ3v) is 4.83. The van der Waals surface area contributed by atoms with E-state index in [4.69, 9.17) is 4.74 Å². The van der Waals surface area contributed by atoms with Crippen LogP contribution in [0.5, 0.6) is 0 Å². The van der Waals surface area contributed by atoms with Gasteiger partial charge in [0.1, 0.15) is 17.7 Å². The number of hydrogen-bond donors (Lipinski definition) is 2. The molecule has 0 radical (unpaired) electrons. The second kappa shape index (κ2) is 11.9. The van der Waals surface area contributed by atoms with E-state index in [1.54, 1.807) is 25.7 Å².